The Labute approximate surface area is 121 Å². The van der Waals surface area contributed by atoms with Crippen molar-refractivity contribution in [1.82, 2.24) is 5.32 Å². The van der Waals surface area contributed by atoms with Crippen LogP contribution in [0, 0.1) is 0 Å². The largest absolute Gasteiger partial charge is 0.364 e. The Kier molecular flexibility index (Phi) is 4.48. The van der Waals surface area contributed by atoms with Gasteiger partial charge in [0, 0.05) is 29.9 Å². The van der Waals surface area contributed by atoms with Crippen molar-refractivity contribution in [2.24, 2.45) is 0 Å². The number of anilines is 1. The molecule has 1 heterocycles. The molecule has 0 spiro atoms. The summed E-state index contributed by atoms with van der Waals surface area (Å²) in [4.78, 5) is 14.5. The van der Waals surface area contributed by atoms with E-state index in [0.717, 1.165) is 31.5 Å². The molecule has 0 aliphatic carbocycles. The van der Waals surface area contributed by atoms with Crippen LogP contribution in [0.5, 0.6) is 0 Å². The van der Waals surface area contributed by atoms with Crippen LogP contribution < -0.4 is 10.2 Å². The van der Waals surface area contributed by atoms with Crippen LogP contribution in [-0.2, 0) is 0 Å². The molecule has 0 unspecified atom stereocenters. The number of nitrogens with one attached hydrogen (secondary N) is 1. The molecule has 20 heavy (non-hydrogen) atoms. The first-order chi connectivity index (χ1) is 9.52. The minimum Gasteiger partial charge on any atom is -0.364 e. The van der Waals surface area contributed by atoms with Gasteiger partial charge < -0.3 is 10.2 Å². The number of benzene rings is 1. The van der Waals surface area contributed by atoms with Crippen molar-refractivity contribution < 1.29 is 4.79 Å². The van der Waals surface area contributed by atoms with Crippen molar-refractivity contribution in [3.63, 3.8) is 0 Å². The van der Waals surface area contributed by atoms with Gasteiger partial charge in [-0.3, -0.25) is 4.79 Å². The highest BCUT2D eigenvalue weighted by Gasteiger charge is 2.20. The number of carbonyl (C=O) groups is 1. The zero-order valence-corrected chi connectivity index (χ0v) is 12.6. The Balaban J connectivity index is 2.00. The van der Waals surface area contributed by atoms with Crippen LogP contribution in [0.1, 0.15) is 44.0 Å². The van der Waals surface area contributed by atoms with Crippen LogP contribution in [0.4, 0.5) is 5.69 Å². The Hall–Kier alpha value is -1.77. The molecule has 108 valence electrons. The van der Waals surface area contributed by atoms with Gasteiger partial charge in [-0.1, -0.05) is 25.5 Å². The lowest BCUT2D eigenvalue weighted by Gasteiger charge is -2.26. The van der Waals surface area contributed by atoms with Gasteiger partial charge in [-0.2, -0.15) is 0 Å². The average molecular weight is 272 g/mol. The minimum atomic E-state index is -0.149. The molecular weight excluding hydrogens is 248 g/mol. The summed E-state index contributed by atoms with van der Waals surface area (Å²) in [6.45, 7) is 8.17. The summed E-state index contributed by atoms with van der Waals surface area (Å²) in [5, 5.41) is 3.10. The first-order valence-corrected chi connectivity index (χ1v) is 7.34. The number of carbonyl (C=O) groups excluding carboxylic acids is 1. The maximum Gasteiger partial charge on any atom is 0.251 e. The Morgan fingerprint density at radius 1 is 1.20 bits per heavy atom. The average Bonchev–Trinajstić information content (AvgIpc) is 2.92. The van der Waals surface area contributed by atoms with Crippen LogP contribution >= 0.6 is 0 Å². The topological polar surface area (TPSA) is 32.3 Å². The molecule has 1 aromatic rings. The standard InChI is InChI=1S/C17H24N2O/c1-4-11-17(2,3)18-16(20)14-7-9-15(10-8-14)19-12-5-6-13-19/h5-10H,4,11-13H2,1-3H3,(H,18,20). The number of amides is 1. The van der Waals surface area contributed by atoms with Crippen molar-refractivity contribution >= 4 is 11.6 Å². The van der Waals surface area contributed by atoms with Gasteiger partial charge in [-0.15, -0.1) is 0 Å². The molecule has 1 N–H and O–H groups in total. The molecule has 0 radical (unpaired) electrons. The second-order valence-corrected chi connectivity index (χ2v) is 6.01. The SMILES string of the molecule is CCCC(C)(C)NC(=O)c1ccc(N2CC=CC2)cc1. The number of nitrogens with zero attached hydrogens (tertiary/aromatic N) is 1. The highest BCUT2D eigenvalue weighted by atomic mass is 16.1. The predicted molar refractivity (Wildman–Crippen MR) is 84.2 cm³/mol. The predicted octanol–water partition coefficient (Wildman–Crippen LogP) is 3.37. The third kappa shape index (κ3) is 3.62. The molecule has 1 aliphatic rings. The van der Waals surface area contributed by atoms with Crippen molar-refractivity contribution in [3.8, 4) is 0 Å². The molecule has 0 saturated heterocycles. The van der Waals surface area contributed by atoms with Crippen molar-refractivity contribution in [2.75, 3.05) is 18.0 Å². The number of hydrogen-bond acceptors (Lipinski definition) is 2. The van der Waals surface area contributed by atoms with Crippen LogP contribution in [-0.4, -0.2) is 24.5 Å². The van der Waals surface area contributed by atoms with E-state index < -0.39 is 0 Å². The monoisotopic (exact) mass is 272 g/mol. The molecule has 1 amide bonds. The van der Waals surface area contributed by atoms with E-state index in [1.165, 1.54) is 5.69 Å². The highest BCUT2D eigenvalue weighted by Crippen LogP contribution is 2.18. The van der Waals surface area contributed by atoms with E-state index >= 15 is 0 Å². The fourth-order valence-electron chi connectivity index (χ4n) is 2.58. The Morgan fingerprint density at radius 3 is 2.35 bits per heavy atom. The highest BCUT2D eigenvalue weighted by molar-refractivity contribution is 5.95. The van der Waals surface area contributed by atoms with Gasteiger partial charge in [0.2, 0.25) is 0 Å². The summed E-state index contributed by atoms with van der Waals surface area (Å²) in [6, 6.07) is 7.86. The number of hydrogen-bond donors (Lipinski definition) is 1. The van der Waals surface area contributed by atoms with Gasteiger partial charge in [0.25, 0.3) is 5.91 Å². The summed E-state index contributed by atoms with van der Waals surface area (Å²) in [5.74, 6) is 0.00884. The molecule has 0 atom stereocenters. The van der Waals surface area contributed by atoms with Gasteiger partial charge in [0.15, 0.2) is 0 Å². The molecule has 2 rings (SSSR count). The lowest BCUT2D eigenvalue weighted by atomic mass is 9.98. The zero-order valence-electron chi connectivity index (χ0n) is 12.6. The van der Waals surface area contributed by atoms with E-state index in [1.807, 2.05) is 24.3 Å². The van der Waals surface area contributed by atoms with Gasteiger partial charge in [0.1, 0.15) is 0 Å². The second kappa shape index (κ2) is 6.12. The first-order valence-electron chi connectivity index (χ1n) is 7.34. The van der Waals surface area contributed by atoms with Crippen LogP contribution in [0.25, 0.3) is 0 Å². The molecule has 3 heteroatoms. The molecule has 0 aromatic heterocycles. The van der Waals surface area contributed by atoms with Gasteiger partial charge in [-0.25, -0.2) is 0 Å². The second-order valence-electron chi connectivity index (χ2n) is 6.01. The molecular formula is C17H24N2O. The van der Waals surface area contributed by atoms with Crippen LogP contribution in [0.15, 0.2) is 36.4 Å². The third-order valence-corrected chi connectivity index (χ3v) is 3.64. The Bertz CT molecular complexity index is 480. The Morgan fingerprint density at radius 2 is 1.80 bits per heavy atom. The fraction of sp³-hybridized carbons (Fsp3) is 0.471. The van der Waals surface area contributed by atoms with E-state index in [1.54, 1.807) is 0 Å². The summed E-state index contributed by atoms with van der Waals surface area (Å²) in [5.41, 5.74) is 1.74. The number of rotatable bonds is 5. The van der Waals surface area contributed by atoms with Gasteiger partial charge >= 0.3 is 0 Å². The third-order valence-electron chi connectivity index (χ3n) is 3.64. The summed E-state index contributed by atoms with van der Waals surface area (Å²) in [6.07, 6.45) is 6.37. The minimum absolute atomic E-state index is 0.00884. The quantitative estimate of drug-likeness (QED) is 0.833. The van der Waals surface area contributed by atoms with E-state index in [2.05, 4.69) is 43.1 Å². The fourth-order valence-corrected chi connectivity index (χ4v) is 2.58. The van der Waals surface area contributed by atoms with E-state index in [0.29, 0.717) is 0 Å². The molecule has 0 fully saturated rings. The maximum atomic E-state index is 12.2. The normalized spacial score (nSPS) is 14.7. The molecule has 1 aliphatic heterocycles. The lowest BCUT2D eigenvalue weighted by Crippen LogP contribution is -2.43. The van der Waals surface area contributed by atoms with E-state index in [-0.39, 0.29) is 11.4 Å². The van der Waals surface area contributed by atoms with Crippen LogP contribution in [0.3, 0.4) is 0 Å². The molecule has 0 saturated carbocycles. The maximum absolute atomic E-state index is 12.2. The molecule has 3 nitrogen and oxygen atoms in total. The smallest absolute Gasteiger partial charge is 0.251 e. The van der Waals surface area contributed by atoms with E-state index in [4.69, 9.17) is 0 Å². The first kappa shape index (κ1) is 14.6. The van der Waals surface area contributed by atoms with Crippen LogP contribution in [0.2, 0.25) is 0 Å². The van der Waals surface area contributed by atoms with Gasteiger partial charge in [0.05, 0.1) is 0 Å². The summed E-state index contributed by atoms with van der Waals surface area (Å²) < 4.78 is 0. The van der Waals surface area contributed by atoms with Crippen molar-refractivity contribution in [3.05, 3.63) is 42.0 Å². The molecule has 1 aromatic carbocycles. The lowest BCUT2D eigenvalue weighted by molar-refractivity contribution is 0.0909. The molecule has 0 bridgehead atoms. The van der Waals surface area contributed by atoms with E-state index in [9.17, 15) is 4.79 Å². The summed E-state index contributed by atoms with van der Waals surface area (Å²) in [7, 11) is 0. The van der Waals surface area contributed by atoms with Crippen molar-refractivity contribution in [2.45, 2.75) is 39.2 Å². The summed E-state index contributed by atoms with van der Waals surface area (Å²) >= 11 is 0. The van der Waals surface area contributed by atoms with Gasteiger partial charge in [-0.05, 0) is 44.5 Å². The van der Waals surface area contributed by atoms with Crippen molar-refractivity contribution in [1.29, 1.82) is 0 Å². The zero-order chi connectivity index (χ0) is 14.6.